The van der Waals surface area contributed by atoms with Gasteiger partial charge in [-0.05, 0) is 18.0 Å². The van der Waals surface area contributed by atoms with Gasteiger partial charge < -0.3 is 10.0 Å². The molecule has 9 heteroatoms. The molecule has 0 fully saturated rings. The summed E-state index contributed by atoms with van der Waals surface area (Å²) in [5, 5.41) is 12.4. The Labute approximate surface area is 105 Å². The van der Waals surface area contributed by atoms with Crippen LogP contribution in [0.5, 0.6) is 0 Å². The fraction of sp³-hybridized carbons (Fsp3) is 0.667. The number of aromatic nitrogens is 2. The van der Waals surface area contributed by atoms with E-state index in [0.717, 1.165) is 11.5 Å². The van der Waals surface area contributed by atoms with Gasteiger partial charge in [-0.3, -0.25) is 4.79 Å². The fourth-order valence-electron chi connectivity index (χ4n) is 1.34. The maximum absolute atomic E-state index is 12.3. The lowest BCUT2D eigenvalue weighted by atomic mass is 10.2. The van der Waals surface area contributed by atoms with Gasteiger partial charge in [-0.15, -0.1) is 5.10 Å². The van der Waals surface area contributed by atoms with Crippen LogP contribution >= 0.6 is 11.5 Å². The molecule has 1 aromatic heterocycles. The Balaban J connectivity index is 2.89. The second-order valence-corrected chi connectivity index (χ2v) is 4.22. The summed E-state index contributed by atoms with van der Waals surface area (Å²) in [6, 6.07) is 0. The number of hydrogen-bond acceptors (Lipinski definition) is 5. The molecule has 0 saturated heterocycles. The lowest BCUT2D eigenvalue weighted by Crippen LogP contribution is -2.40. The molecule has 18 heavy (non-hydrogen) atoms. The third-order valence-corrected chi connectivity index (χ3v) is 2.87. The quantitative estimate of drug-likeness (QED) is 0.878. The standard InChI is InChI=1S/C9H12F3N3O2S/c1-2-6-7(18-14-13-6)8(17)15(3-4-16)5-9(10,11)12/h16H,2-5H2,1H3. The number of carbonyl (C=O) groups is 1. The maximum Gasteiger partial charge on any atom is 0.406 e. The lowest BCUT2D eigenvalue weighted by Gasteiger charge is -2.22. The van der Waals surface area contributed by atoms with Gasteiger partial charge in [0.1, 0.15) is 11.4 Å². The van der Waals surface area contributed by atoms with E-state index in [1.807, 2.05) is 0 Å². The van der Waals surface area contributed by atoms with E-state index in [1.54, 1.807) is 6.92 Å². The molecule has 1 N–H and O–H groups in total. The first-order valence-electron chi connectivity index (χ1n) is 5.17. The molecule has 0 aliphatic rings. The van der Waals surface area contributed by atoms with Crippen molar-refractivity contribution in [3.8, 4) is 0 Å². The Hall–Kier alpha value is -1.22. The molecule has 1 amide bonds. The molecule has 0 saturated carbocycles. The number of nitrogens with zero attached hydrogens (tertiary/aromatic N) is 3. The van der Waals surface area contributed by atoms with Crippen LogP contribution in [0, 0.1) is 0 Å². The first kappa shape index (κ1) is 14.8. The SMILES string of the molecule is CCc1nnsc1C(=O)N(CCO)CC(F)(F)F. The zero-order valence-electron chi connectivity index (χ0n) is 9.57. The zero-order valence-corrected chi connectivity index (χ0v) is 10.4. The van der Waals surface area contributed by atoms with Crippen LogP contribution in [0.3, 0.4) is 0 Å². The Morgan fingerprint density at radius 1 is 1.50 bits per heavy atom. The molecule has 0 aliphatic heterocycles. The molecule has 1 aromatic rings. The summed E-state index contributed by atoms with van der Waals surface area (Å²) >= 11 is 0.761. The van der Waals surface area contributed by atoms with Gasteiger partial charge in [-0.25, -0.2) is 0 Å². The zero-order chi connectivity index (χ0) is 13.8. The van der Waals surface area contributed by atoms with Gasteiger partial charge >= 0.3 is 6.18 Å². The number of aliphatic hydroxyl groups excluding tert-OH is 1. The van der Waals surface area contributed by atoms with Crippen molar-refractivity contribution in [2.45, 2.75) is 19.5 Å². The van der Waals surface area contributed by atoms with Crippen LogP contribution in [-0.4, -0.2) is 51.4 Å². The number of aliphatic hydroxyl groups is 1. The third-order valence-electron chi connectivity index (χ3n) is 2.11. The summed E-state index contributed by atoms with van der Waals surface area (Å²) < 4.78 is 40.5. The van der Waals surface area contributed by atoms with Gasteiger partial charge in [0.2, 0.25) is 0 Å². The van der Waals surface area contributed by atoms with E-state index in [2.05, 4.69) is 9.59 Å². The van der Waals surface area contributed by atoms with E-state index >= 15 is 0 Å². The lowest BCUT2D eigenvalue weighted by molar-refractivity contribution is -0.141. The Bertz CT molecular complexity index is 408. The van der Waals surface area contributed by atoms with Crippen LogP contribution < -0.4 is 0 Å². The third kappa shape index (κ3) is 3.91. The minimum absolute atomic E-state index is 0.0928. The summed E-state index contributed by atoms with van der Waals surface area (Å²) in [7, 11) is 0. The second-order valence-electron chi connectivity index (χ2n) is 3.47. The van der Waals surface area contributed by atoms with E-state index in [4.69, 9.17) is 5.11 Å². The predicted octanol–water partition coefficient (Wildman–Crippen LogP) is 1.10. The first-order chi connectivity index (χ1) is 8.39. The molecule has 1 rings (SSSR count). The van der Waals surface area contributed by atoms with Crippen molar-refractivity contribution >= 4 is 17.4 Å². The highest BCUT2D eigenvalue weighted by Crippen LogP contribution is 2.20. The Morgan fingerprint density at radius 3 is 2.67 bits per heavy atom. The number of carbonyl (C=O) groups excluding carboxylic acids is 1. The Morgan fingerprint density at radius 2 is 2.17 bits per heavy atom. The molecular weight excluding hydrogens is 271 g/mol. The summed E-state index contributed by atoms with van der Waals surface area (Å²) in [6.07, 6.45) is -4.09. The molecule has 0 aliphatic carbocycles. The number of aryl methyl sites for hydroxylation is 1. The molecule has 0 spiro atoms. The number of hydrogen-bond donors (Lipinski definition) is 1. The summed E-state index contributed by atoms with van der Waals surface area (Å²) in [5.41, 5.74) is 0.370. The van der Waals surface area contributed by atoms with Crippen molar-refractivity contribution in [1.29, 1.82) is 0 Å². The average molecular weight is 283 g/mol. The monoisotopic (exact) mass is 283 g/mol. The molecule has 0 radical (unpaired) electrons. The molecule has 5 nitrogen and oxygen atoms in total. The van der Waals surface area contributed by atoms with Crippen LogP contribution in [0.4, 0.5) is 13.2 Å². The van der Waals surface area contributed by atoms with Crippen LogP contribution in [-0.2, 0) is 6.42 Å². The van der Waals surface area contributed by atoms with Gasteiger partial charge in [0, 0.05) is 6.54 Å². The van der Waals surface area contributed by atoms with E-state index in [-0.39, 0.29) is 11.4 Å². The van der Waals surface area contributed by atoms with Crippen molar-refractivity contribution in [2.24, 2.45) is 0 Å². The van der Waals surface area contributed by atoms with E-state index in [0.29, 0.717) is 17.0 Å². The smallest absolute Gasteiger partial charge is 0.395 e. The number of alkyl halides is 3. The Kier molecular flexibility index (Phi) is 5.03. The van der Waals surface area contributed by atoms with Crippen molar-refractivity contribution in [2.75, 3.05) is 19.7 Å². The normalized spacial score (nSPS) is 11.6. The minimum atomic E-state index is -4.50. The molecule has 0 atom stereocenters. The summed E-state index contributed by atoms with van der Waals surface area (Å²) in [5.74, 6) is -0.798. The average Bonchev–Trinajstić information content (AvgIpc) is 2.73. The highest BCUT2D eigenvalue weighted by molar-refractivity contribution is 7.08. The van der Waals surface area contributed by atoms with Gasteiger partial charge in [-0.2, -0.15) is 13.2 Å². The van der Waals surface area contributed by atoms with Crippen LogP contribution in [0.25, 0.3) is 0 Å². The van der Waals surface area contributed by atoms with Crippen molar-refractivity contribution in [3.05, 3.63) is 10.6 Å². The summed E-state index contributed by atoms with van der Waals surface area (Å²) in [6.45, 7) is -0.573. The molecule has 0 unspecified atom stereocenters. The molecule has 0 bridgehead atoms. The van der Waals surface area contributed by atoms with E-state index in [9.17, 15) is 18.0 Å². The maximum atomic E-state index is 12.3. The van der Waals surface area contributed by atoms with Gasteiger partial charge in [-0.1, -0.05) is 11.4 Å². The largest absolute Gasteiger partial charge is 0.406 e. The molecule has 102 valence electrons. The fourth-order valence-corrected chi connectivity index (χ4v) is 2.05. The van der Waals surface area contributed by atoms with E-state index < -0.39 is 25.2 Å². The van der Waals surface area contributed by atoms with Gasteiger partial charge in [0.05, 0.1) is 12.3 Å². The van der Waals surface area contributed by atoms with E-state index in [1.165, 1.54) is 0 Å². The second kappa shape index (κ2) is 6.10. The number of amides is 1. The van der Waals surface area contributed by atoms with Crippen LogP contribution in [0.1, 0.15) is 22.3 Å². The number of halogens is 3. The van der Waals surface area contributed by atoms with Gasteiger partial charge in [0.15, 0.2) is 0 Å². The highest BCUT2D eigenvalue weighted by Gasteiger charge is 2.34. The molecule has 0 aromatic carbocycles. The van der Waals surface area contributed by atoms with Crippen molar-refractivity contribution in [3.63, 3.8) is 0 Å². The first-order valence-corrected chi connectivity index (χ1v) is 5.94. The van der Waals surface area contributed by atoms with Crippen LogP contribution in [0.15, 0.2) is 0 Å². The minimum Gasteiger partial charge on any atom is -0.395 e. The summed E-state index contributed by atoms with van der Waals surface area (Å²) in [4.78, 5) is 12.5. The topological polar surface area (TPSA) is 66.3 Å². The highest BCUT2D eigenvalue weighted by atomic mass is 32.1. The molecule has 1 heterocycles. The van der Waals surface area contributed by atoms with Crippen molar-refractivity contribution < 1.29 is 23.1 Å². The van der Waals surface area contributed by atoms with Crippen molar-refractivity contribution in [1.82, 2.24) is 14.5 Å². The molecular formula is C9H12F3N3O2S. The van der Waals surface area contributed by atoms with Gasteiger partial charge in [0.25, 0.3) is 5.91 Å². The van der Waals surface area contributed by atoms with Crippen LogP contribution in [0.2, 0.25) is 0 Å². The predicted molar refractivity (Wildman–Crippen MR) is 58.3 cm³/mol. The number of rotatable bonds is 5.